The van der Waals surface area contributed by atoms with Gasteiger partial charge in [-0.2, -0.15) is 0 Å². The fraction of sp³-hybridized carbons (Fsp3) is 0.364. The maximum absolute atomic E-state index is 11.6. The average molecular weight is 483 g/mol. The van der Waals surface area contributed by atoms with Crippen LogP contribution in [-0.2, 0) is 11.2 Å². The minimum absolute atomic E-state index is 0.0139. The van der Waals surface area contributed by atoms with E-state index >= 15 is 0 Å². The Morgan fingerprint density at radius 1 is 1.03 bits per heavy atom. The van der Waals surface area contributed by atoms with Crippen molar-refractivity contribution in [2.75, 3.05) is 13.2 Å². The van der Waals surface area contributed by atoms with Crippen molar-refractivity contribution in [2.45, 2.75) is 39.7 Å². The highest BCUT2D eigenvalue weighted by Gasteiger charge is 2.17. The van der Waals surface area contributed by atoms with E-state index in [1.54, 1.807) is 12.1 Å². The largest absolute Gasteiger partial charge is 0.507 e. The second-order valence-electron chi connectivity index (χ2n) is 6.47. The Bertz CT molecular complexity index is 847. The van der Waals surface area contributed by atoms with E-state index in [9.17, 15) is 15.0 Å². The van der Waals surface area contributed by atoms with Crippen LogP contribution in [0, 0.1) is 0 Å². The lowest BCUT2D eigenvalue weighted by atomic mass is 10.0. The molecule has 0 aliphatic carbocycles. The maximum atomic E-state index is 11.6. The number of aliphatic carboxylic acids is 1. The van der Waals surface area contributed by atoms with E-state index in [1.165, 1.54) is 13.0 Å². The van der Waals surface area contributed by atoms with Crippen LogP contribution in [0.25, 0.3) is 0 Å². The SMILES string of the molecule is CC(=O)O.CCCc1c(OCC(O)COc2ccccc2Br)ccc(C(C)=O)c1O. The monoisotopic (exact) mass is 482 g/mol. The number of halogens is 1. The van der Waals surface area contributed by atoms with Crippen LogP contribution >= 0.6 is 15.9 Å². The molecule has 164 valence electrons. The van der Waals surface area contributed by atoms with Gasteiger partial charge in [0, 0.05) is 12.5 Å². The number of aliphatic hydroxyl groups excluding tert-OH is 1. The number of phenols is 1. The minimum Gasteiger partial charge on any atom is -0.507 e. The quantitative estimate of drug-likeness (QED) is 0.458. The van der Waals surface area contributed by atoms with Gasteiger partial charge >= 0.3 is 0 Å². The van der Waals surface area contributed by atoms with Crippen molar-refractivity contribution in [1.29, 1.82) is 0 Å². The van der Waals surface area contributed by atoms with Gasteiger partial charge in [-0.25, -0.2) is 0 Å². The van der Waals surface area contributed by atoms with Crippen molar-refractivity contribution in [3.05, 3.63) is 52.0 Å². The summed E-state index contributed by atoms with van der Waals surface area (Å²) in [6.45, 7) is 4.56. The molecule has 1 atom stereocenters. The standard InChI is InChI=1S/C20H23BrO5.C2H4O2/c1-3-6-16-18(10-9-15(13(2)22)20(16)24)25-11-14(23)12-26-19-8-5-4-7-17(19)21;1-2(3)4/h4-5,7-10,14,23-24H,3,6,11-12H2,1-2H3;1H3,(H,3,4). The lowest BCUT2D eigenvalue weighted by Crippen LogP contribution is -2.25. The summed E-state index contributed by atoms with van der Waals surface area (Å²) in [6.07, 6.45) is 0.524. The molecule has 0 bridgehead atoms. The zero-order chi connectivity index (χ0) is 22.7. The number of carboxylic acid groups (broad SMARTS) is 1. The fourth-order valence-corrected chi connectivity index (χ4v) is 2.91. The molecule has 0 fully saturated rings. The molecule has 30 heavy (non-hydrogen) atoms. The molecule has 0 amide bonds. The van der Waals surface area contributed by atoms with Crippen LogP contribution in [0.15, 0.2) is 40.9 Å². The lowest BCUT2D eigenvalue weighted by molar-refractivity contribution is -0.134. The van der Waals surface area contributed by atoms with Crippen molar-refractivity contribution in [2.24, 2.45) is 0 Å². The van der Waals surface area contributed by atoms with Crippen molar-refractivity contribution in [1.82, 2.24) is 0 Å². The van der Waals surface area contributed by atoms with E-state index in [4.69, 9.17) is 19.4 Å². The number of carbonyl (C=O) groups excluding carboxylic acids is 1. The number of Topliss-reactive ketones (excluding diaryl/α,β-unsaturated/α-hetero) is 1. The molecule has 2 aromatic rings. The third kappa shape index (κ3) is 8.42. The summed E-state index contributed by atoms with van der Waals surface area (Å²) in [5.41, 5.74) is 0.859. The third-order valence-electron chi connectivity index (χ3n) is 3.82. The summed E-state index contributed by atoms with van der Waals surface area (Å²) in [4.78, 5) is 20.6. The highest BCUT2D eigenvalue weighted by atomic mass is 79.9. The van der Waals surface area contributed by atoms with E-state index in [0.29, 0.717) is 23.5 Å². The second-order valence-corrected chi connectivity index (χ2v) is 7.32. The van der Waals surface area contributed by atoms with Gasteiger partial charge < -0.3 is 24.8 Å². The zero-order valence-electron chi connectivity index (χ0n) is 17.2. The summed E-state index contributed by atoms with van der Waals surface area (Å²) in [5, 5.41) is 27.9. The molecular formula is C22H27BrO7. The topological polar surface area (TPSA) is 113 Å². The molecule has 0 aliphatic heterocycles. The number of hydrogen-bond acceptors (Lipinski definition) is 6. The van der Waals surface area contributed by atoms with Crippen LogP contribution in [0.4, 0.5) is 0 Å². The number of ketones is 1. The van der Waals surface area contributed by atoms with Crippen LogP contribution in [0.2, 0.25) is 0 Å². The number of benzene rings is 2. The van der Waals surface area contributed by atoms with Crippen LogP contribution in [0.1, 0.15) is 43.1 Å². The number of aliphatic hydroxyl groups is 1. The number of carboxylic acids is 1. The molecule has 0 heterocycles. The van der Waals surface area contributed by atoms with Crippen molar-refractivity contribution < 1.29 is 34.4 Å². The maximum Gasteiger partial charge on any atom is 0.300 e. The first-order valence-corrected chi connectivity index (χ1v) is 10.2. The molecule has 2 rings (SSSR count). The molecule has 0 aromatic heterocycles. The number of para-hydroxylation sites is 1. The molecule has 2 aromatic carbocycles. The first-order chi connectivity index (χ1) is 14.2. The molecule has 7 nitrogen and oxygen atoms in total. The van der Waals surface area contributed by atoms with E-state index in [2.05, 4.69) is 15.9 Å². The van der Waals surface area contributed by atoms with Crippen molar-refractivity contribution in [3.8, 4) is 17.2 Å². The van der Waals surface area contributed by atoms with Crippen molar-refractivity contribution in [3.63, 3.8) is 0 Å². The summed E-state index contributed by atoms with van der Waals surface area (Å²) in [5.74, 6) is 0.0278. The summed E-state index contributed by atoms with van der Waals surface area (Å²) in [6, 6.07) is 10.6. The summed E-state index contributed by atoms with van der Waals surface area (Å²) < 4.78 is 12.0. The lowest BCUT2D eigenvalue weighted by Gasteiger charge is -2.17. The Labute approximate surface area is 184 Å². The van der Waals surface area contributed by atoms with Crippen LogP contribution < -0.4 is 9.47 Å². The molecule has 0 spiro atoms. The Balaban J connectivity index is 0.00000103. The molecule has 3 N–H and O–H groups in total. The highest BCUT2D eigenvalue weighted by Crippen LogP contribution is 2.33. The molecule has 0 saturated carbocycles. The Kier molecular flexibility index (Phi) is 10.9. The first-order valence-electron chi connectivity index (χ1n) is 9.40. The molecular weight excluding hydrogens is 456 g/mol. The fourth-order valence-electron chi connectivity index (χ4n) is 2.51. The van der Waals surface area contributed by atoms with Crippen LogP contribution in [-0.4, -0.2) is 46.4 Å². The van der Waals surface area contributed by atoms with Crippen LogP contribution in [0.3, 0.4) is 0 Å². The molecule has 8 heteroatoms. The Hall–Kier alpha value is -2.58. The predicted molar refractivity (Wildman–Crippen MR) is 117 cm³/mol. The van der Waals surface area contributed by atoms with Gasteiger partial charge in [-0.05, 0) is 53.5 Å². The summed E-state index contributed by atoms with van der Waals surface area (Å²) >= 11 is 3.38. The smallest absolute Gasteiger partial charge is 0.300 e. The number of phenolic OH excluding ortho intramolecular Hbond substituents is 1. The number of rotatable bonds is 9. The Morgan fingerprint density at radius 2 is 1.60 bits per heavy atom. The first kappa shape index (κ1) is 25.5. The predicted octanol–water partition coefficient (Wildman–Crippen LogP) is 4.22. The van der Waals surface area contributed by atoms with Gasteiger partial charge in [-0.3, -0.25) is 9.59 Å². The van der Waals surface area contributed by atoms with Gasteiger partial charge in [0.1, 0.15) is 36.6 Å². The molecule has 1 unspecified atom stereocenters. The van der Waals surface area contributed by atoms with E-state index < -0.39 is 12.1 Å². The third-order valence-corrected chi connectivity index (χ3v) is 4.47. The number of aromatic hydroxyl groups is 1. The van der Waals surface area contributed by atoms with Crippen LogP contribution in [0.5, 0.6) is 17.2 Å². The van der Waals surface area contributed by atoms with Gasteiger partial charge in [0.25, 0.3) is 5.97 Å². The second kappa shape index (κ2) is 12.9. The molecule has 0 radical (unpaired) electrons. The molecule has 0 saturated heterocycles. The van der Waals surface area contributed by atoms with Gasteiger partial charge in [-0.1, -0.05) is 25.5 Å². The van der Waals surface area contributed by atoms with Crippen molar-refractivity contribution >= 4 is 27.7 Å². The van der Waals surface area contributed by atoms with Gasteiger partial charge in [0.05, 0.1) is 10.0 Å². The highest BCUT2D eigenvalue weighted by molar-refractivity contribution is 9.10. The van der Waals surface area contributed by atoms with Gasteiger partial charge in [-0.15, -0.1) is 0 Å². The Morgan fingerprint density at radius 3 is 2.13 bits per heavy atom. The number of carbonyl (C=O) groups is 2. The minimum atomic E-state index is -0.841. The number of hydrogen-bond donors (Lipinski definition) is 3. The molecule has 0 aliphatic rings. The average Bonchev–Trinajstić information content (AvgIpc) is 2.67. The van der Waals surface area contributed by atoms with Gasteiger partial charge in [0.15, 0.2) is 5.78 Å². The normalized spacial score (nSPS) is 11.1. The number of ether oxygens (including phenoxy) is 2. The van der Waals surface area contributed by atoms with E-state index in [-0.39, 0.29) is 30.3 Å². The van der Waals surface area contributed by atoms with E-state index in [0.717, 1.165) is 17.8 Å². The van der Waals surface area contributed by atoms with Gasteiger partial charge in [0.2, 0.25) is 0 Å². The van der Waals surface area contributed by atoms with E-state index in [1.807, 2.05) is 25.1 Å². The summed E-state index contributed by atoms with van der Waals surface area (Å²) in [7, 11) is 0. The zero-order valence-corrected chi connectivity index (χ0v) is 18.8.